The van der Waals surface area contributed by atoms with Crippen LogP contribution in [0, 0.1) is 33.3 Å². The predicted molar refractivity (Wildman–Crippen MR) is 123 cm³/mol. The summed E-state index contributed by atoms with van der Waals surface area (Å²) in [6, 6.07) is 3.22. The predicted octanol–water partition coefficient (Wildman–Crippen LogP) is 4.12. The molecular formula is C23H30ClN3O5S. The fourth-order valence-corrected chi connectivity index (χ4v) is 9.11. The Labute approximate surface area is 199 Å². The van der Waals surface area contributed by atoms with Crippen LogP contribution in [-0.4, -0.2) is 42.7 Å². The van der Waals surface area contributed by atoms with Gasteiger partial charge in [-0.1, -0.05) is 18.0 Å². The Morgan fingerprint density at radius 2 is 1.79 bits per heavy atom. The lowest BCUT2D eigenvalue weighted by Gasteiger charge is -2.55. The van der Waals surface area contributed by atoms with Crippen molar-refractivity contribution >= 4 is 33.2 Å². The van der Waals surface area contributed by atoms with E-state index in [4.69, 9.17) is 11.6 Å². The summed E-state index contributed by atoms with van der Waals surface area (Å²) in [5.74, 6) is 2.07. The van der Waals surface area contributed by atoms with Gasteiger partial charge in [-0.2, -0.15) is 4.31 Å². The molecule has 6 rings (SSSR count). The maximum atomic E-state index is 13.4. The Balaban J connectivity index is 1.32. The van der Waals surface area contributed by atoms with Crippen LogP contribution in [0.2, 0.25) is 5.02 Å². The maximum absolute atomic E-state index is 13.4. The minimum absolute atomic E-state index is 0.0895. The Morgan fingerprint density at radius 1 is 1.15 bits per heavy atom. The van der Waals surface area contributed by atoms with Gasteiger partial charge in [-0.3, -0.25) is 14.9 Å². The van der Waals surface area contributed by atoms with Gasteiger partial charge < -0.3 is 5.32 Å². The van der Waals surface area contributed by atoms with E-state index < -0.39 is 20.6 Å². The number of carbonyl (C=O) groups excluding carboxylic acids is 1. The number of carbonyl (C=O) groups is 1. The molecule has 1 aliphatic heterocycles. The number of hydrogen-bond donors (Lipinski definition) is 1. The van der Waals surface area contributed by atoms with Crippen molar-refractivity contribution in [3.63, 3.8) is 0 Å². The number of nitrogens with zero attached hydrogens (tertiary/aromatic N) is 2. The van der Waals surface area contributed by atoms with E-state index in [0.29, 0.717) is 37.1 Å². The number of nitrogens with one attached hydrogen (secondary N) is 1. The van der Waals surface area contributed by atoms with Crippen LogP contribution in [0.3, 0.4) is 0 Å². The van der Waals surface area contributed by atoms with Crippen LogP contribution < -0.4 is 5.32 Å². The molecule has 180 valence electrons. The van der Waals surface area contributed by atoms with Gasteiger partial charge in [0.2, 0.25) is 15.9 Å². The molecule has 1 amide bonds. The van der Waals surface area contributed by atoms with E-state index >= 15 is 0 Å². The second-order valence-corrected chi connectivity index (χ2v) is 12.8. The number of nitro benzene ring substituents is 1. The zero-order valence-electron chi connectivity index (χ0n) is 18.5. The number of nitro groups is 1. The summed E-state index contributed by atoms with van der Waals surface area (Å²) in [5, 5.41) is 14.3. The summed E-state index contributed by atoms with van der Waals surface area (Å²) in [4.78, 5) is 23.8. The normalized spacial score (nSPS) is 33.7. The lowest BCUT2D eigenvalue weighted by atomic mass is 9.49. The number of benzene rings is 1. The average molecular weight is 496 g/mol. The highest BCUT2D eigenvalue weighted by molar-refractivity contribution is 7.89. The van der Waals surface area contributed by atoms with E-state index in [1.807, 2.05) is 0 Å². The molecule has 10 heteroatoms. The highest BCUT2D eigenvalue weighted by Gasteiger charge is 2.54. The van der Waals surface area contributed by atoms with E-state index in [9.17, 15) is 23.3 Å². The average Bonchev–Trinajstić information content (AvgIpc) is 2.76. The molecule has 1 atom stereocenters. The highest BCUT2D eigenvalue weighted by Crippen LogP contribution is 2.60. The second kappa shape index (κ2) is 8.50. The summed E-state index contributed by atoms with van der Waals surface area (Å²) in [6.07, 6.45) is 8.91. The molecule has 1 aromatic rings. The first-order chi connectivity index (χ1) is 15.7. The zero-order chi connectivity index (χ0) is 23.4. The zero-order valence-corrected chi connectivity index (χ0v) is 20.1. The smallest absolute Gasteiger partial charge is 0.289 e. The number of amides is 1. The van der Waals surface area contributed by atoms with Crippen molar-refractivity contribution in [2.24, 2.45) is 23.2 Å². The van der Waals surface area contributed by atoms with Crippen LogP contribution in [0.4, 0.5) is 5.69 Å². The lowest BCUT2D eigenvalue weighted by molar-refractivity contribution is -0.384. The molecule has 1 saturated heterocycles. The highest BCUT2D eigenvalue weighted by atomic mass is 35.5. The molecule has 0 radical (unpaired) electrons. The van der Waals surface area contributed by atoms with Crippen LogP contribution in [0.25, 0.3) is 0 Å². The molecule has 5 aliphatic rings. The van der Waals surface area contributed by atoms with Crippen LogP contribution in [0.5, 0.6) is 0 Å². The topological polar surface area (TPSA) is 110 Å². The van der Waals surface area contributed by atoms with Crippen molar-refractivity contribution in [2.75, 3.05) is 13.1 Å². The van der Waals surface area contributed by atoms with Gasteiger partial charge in [0, 0.05) is 30.6 Å². The molecule has 4 saturated carbocycles. The van der Waals surface area contributed by atoms with Crippen molar-refractivity contribution in [1.29, 1.82) is 0 Å². The van der Waals surface area contributed by atoms with Gasteiger partial charge in [-0.05, 0) is 81.3 Å². The number of piperidine rings is 1. The van der Waals surface area contributed by atoms with Crippen LogP contribution in [0.15, 0.2) is 23.1 Å². The summed E-state index contributed by atoms with van der Waals surface area (Å²) in [6.45, 7) is 0.603. The summed E-state index contributed by atoms with van der Waals surface area (Å²) in [5.41, 5.74) is -0.703. The Kier molecular flexibility index (Phi) is 5.94. The van der Waals surface area contributed by atoms with Crippen molar-refractivity contribution in [2.45, 2.75) is 68.7 Å². The first kappa shape index (κ1) is 23.1. The second-order valence-electron chi connectivity index (χ2n) is 10.5. The largest absolute Gasteiger partial charge is 0.354 e. The molecule has 5 fully saturated rings. The molecule has 8 nitrogen and oxygen atoms in total. The minimum atomic E-state index is -3.96. The quantitative estimate of drug-likeness (QED) is 0.471. The molecule has 33 heavy (non-hydrogen) atoms. The lowest BCUT2D eigenvalue weighted by Crippen LogP contribution is -2.56. The monoisotopic (exact) mass is 495 g/mol. The van der Waals surface area contributed by atoms with Crippen molar-refractivity contribution in [3.05, 3.63) is 33.3 Å². The van der Waals surface area contributed by atoms with Crippen molar-refractivity contribution < 1.29 is 18.1 Å². The third-order valence-corrected chi connectivity index (χ3v) is 10.6. The molecule has 1 N–H and O–H groups in total. The van der Waals surface area contributed by atoms with Crippen LogP contribution in [0.1, 0.15) is 57.8 Å². The number of halogens is 1. The van der Waals surface area contributed by atoms with Gasteiger partial charge in [0.05, 0.1) is 9.82 Å². The maximum Gasteiger partial charge on any atom is 0.289 e. The molecular weight excluding hydrogens is 466 g/mol. The van der Waals surface area contributed by atoms with Gasteiger partial charge in [-0.15, -0.1) is 0 Å². The Bertz CT molecular complexity index is 1040. The first-order valence-corrected chi connectivity index (χ1v) is 13.7. The molecule has 1 aromatic carbocycles. The van der Waals surface area contributed by atoms with E-state index in [-0.39, 0.29) is 33.8 Å². The molecule has 0 spiro atoms. The van der Waals surface area contributed by atoms with E-state index in [2.05, 4.69) is 5.32 Å². The third-order valence-electron chi connectivity index (χ3n) is 8.31. The molecule has 0 aromatic heterocycles. The molecule has 1 unspecified atom stereocenters. The first-order valence-electron chi connectivity index (χ1n) is 11.9. The summed E-state index contributed by atoms with van der Waals surface area (Å²) >= 11 is 5.87. The van der Waals surface area contributed by atoms with E-state index in [0.717, 1.165) is 31.7 Å². The fraction of sp³-hybridized carbons (Fsp3) is 0.696. The fourth-order valence-electron chi connectivity index (χ4n) is 7.21. The Hall–Kier alpha value is -1.71. The summed E-state index contributed by atoms with van der Waals surface area (Å²) in [7, 11) is -3.96. The van der Waals surface area contributed by atoms with Crippen molar-refractivity contribution in [3.8, 4) is 0 Å². The van der Waals surface area contributed by atoms with E-state index in [1.165, 1.54) is 35.7 Å². The number of hydrogen-bond acceptors (Lipinski definition) is 5. The molecule has 4 aliphatic carbocycles. The standard InChI is InChI=1S/C23H30ClN3O5S/c24-20-5-4-19(10-21(20)27(29)30)33(31,32)26-6-2-1-3-18(26)14-25-22(28)23-11-15-7-16(12-23)9-17(8-15)13-23/h4-5,10,15-18H,1-3,6-9,11-14H2,(H,25,28). The minimum Gasteiger partial charge on any atom is -0.354 e. The van der Waals surface area contributed by atoms with Gasteiger partial charge in [0.1, 0.15) is 5.02 Å². The van der Waals surface area contributed by atoms with E-state index in [1.54, 1.807) is 0 Å². The van der Waals surface area contributed by atoms with Gasteiger partial charge in [-0.25, -0.2) is 8.42 Å². The SMILES string of the molecule is O=C(NCC1CCCCN1S(=O)(=O)c1ccc(Cl)c([N+](=O)[O-])c1)C12CC3CC(CC(C3)C1)C2. The molecule has 4 bridgehead atoms. The third kappa shape index (κ3) is 4.17. The number of sulfonamides is 1. The van der Waals surface area contributed by atoms with Gasteiger partial charge in [0.25, 0.3) is 5.69 Å². The summed E-state index contributed by atoms with van der Waals surface area (Å²) < 4.78 is 28.2. The molecule has 1 heterocycles. The van der Waals surface area contributed by atoms with Gasteiger partial charge >= 0.3 is 0 Å². The van der Waals surface area contributed by atoms with Crippen LogP contribution >= 0.6 is 11.6 Å². The van der Waals surface area contributed by atoms with Gasteiger partial charge in [0.15, 0.2) is 0 Å². The number of rotatable bonds is 6. The van der Waals surface area contributed by atoms with Crippen molar-refractivity contribution in [1.82, 2.24) is 9.62 Å². The Morgan fingerprint density at radius 3 is 2.39 bits per heavy atom. The van der Waals surface area contributed by atoms with Crippen LogP contribution in [-0.2, 0) is 14.8 Å².